The number of carbonyl (C=O) groups excluding carboxylic acids is 1. The lowest BCUT2D eigenvalue weighted by molar-refractivity contribution is 0.0234. The van der Waals surface area contributed by atoms with E-state index in [-0.39, 0.29) is 10.6 Å². The molecular formula is C8H10F2N2OS. The molecule has 1 aromatic rings. The fourth-order valence-corrected chi connectivity index (χ4v) is 2.10. The van der Waals surface area contributed by atoms with Crippen LogP contribution in [0.2, 0.25) is 0 Å². The molecular weight excluding hydrogens is 210 g/mol. The molecule has 0 aliphatic rings. The van der Waals surface area contributed by atoms with Gasteiger partial charge in [0.15, 0.2) is 0 Å². The fraction of sp³-hybridized carbons (Fsp3) is 0.375. The molecule has 0 saturated carbocycles. The first-order valence-electron chi connectivity index (χ1n) is 3.85. The highest BCUT2D eigenvalue weighted by Gasteiger charge is 2.24. The molecule has 1 heterocycles. The van der Waals surface area contributed by atoms with E-state index >= 15 is 0 Å². The second-order valence-corrected chi connectivity index (χ2v) is 4.27. The summed E-state index contributed by atoms with van der Waals surface area (Å²) in [6.07, 6.45) is -0.421. The van der Waals surface area contributed by atoms with E-state index in [1.807, 2.05) is 0 Å². The van der Waals surface area contributed by atoms with Crippen LogP contribution in [0.25, 0.3) is 0 Å². The summed E-state index contributed by atoms with van der Waals surface area (Å²) in [5.74, 6) is -3.49. The number of rotatable bonds is 3. The predicted molar refractivity (Wildman–Crippen MR) is 51.6 cm³/mol. The van der Waals surface area contributed by atoms with Gasteiger partial charge in [-0.05, 0) is 13.0 Å². The molecule has 0 radical (unpaired) electrons. The van der Waals surface area contributed by atoms with Gasteiger partial charge < -0.3 is 11.5 Å². The van der Waals surface area contributed by atoms with Crippen molar-refractivity contribution in [3.05, 3.63) is 16.5 Å². The zero-order valence-corrected chi connectivity index (χ0v) is 8.33. The molecule has 0 unspecified atom stereocenters. The van der Waals surface area contributed by atoms with E-state index in [4.69, 9.17) is 11.5 Å². The van der Waals surface area contributed by atoms with Gasteiger partial charge >= 0.3 is 0 Å². The van der Waals surface area contributed by atoms with Gasteiger partial charge in [0.05, 0.1) is 10.6 Å². The van der Waals surface area contributed by atoms with E-state index in [0.717, 1.165) is 18.3 Å². The fourth-order valence-electron chi connectivity index (χ4n) is 1.04. The number of primary amides is 1. The van der Waals surface area contributed by atoms with Crippen molar-refractivity contribution in [3.63, 3.8) is 0 Å². The van der Waals surface area contributed by atoms with Crippen LogP contribution in [0.4, 0.5) is 13.8 Å². The van der Waals surface area contributed by atoms with Gasteiger partial charge in [-0.2, -0.15) is 0 Å². The molecule has 0 atom stereocenters. The van der Waals surface area contributed by atoms with Crippen LogP contribution in [-0.2, 0) is 6.42 Å². The molecule has 14 heavy (non-hydrogen) atoms. The van der Waals surface area contributed by atoms with Crippen LogP contribution in [-0.4, -0.2) is 11.8 Å². The van der Waals surface area contributed by atoms with E-state index in [0.29, 0.717) is 4.88 Å². The number of alkyl halides is 2. The van der Waals surface area contributed by atoms with Crippen molar-refractivity contribution in [2.75, 3.05) is 5.73 Å². The first-order chi connectivity index (χ1) is 6.29. The minimum absolute atomic E-state index is 0.120. The Labute approximate surface area is 83.7 Å². The molecule has 0 bridgehead atoms. The Morgan fingerprint density at radius 1 is 1.64 bits per heavy atom. The van der Waals surface area contributed by atoms with Crippen LogP contribution >= 0.6 is 11.3 Å². The Morgan fingerprint density at radius 2 is 2.21 bits per heavy atom. The third kappa shape index (κ3) is 2.66. The quantitative estimate of drug-likeness (QED) is 0.812. The number of anilines is 1. The standard InChI is InChI=1S/C8H10F2N2OS/c1-8(9,10)3-4-2-5(6(11)13)7(12)14-4/h2H,3,12H2,1H3,(H2,11,13). The maximum Gasteiger partial charge on any atom is 0.251 e. The summed E-state index contributed by atoms with van der Waals surface area (Å²) in [5, 5.41) is 0.191. The third-order valence-electron chi connectivity index (χ3n) is 1.56. The number of carbonyl (C=O) groups is 1. The van der Waals surface area contributed by atoms with E-state index < -0.39 is 18.3 Å². The van der Waals surface area contributed by atoms with Crippen molar-refractivity contribution < 1.29 is 13.6 Å². The zero-order valence-electron chi connectivity index (χ0n) is 7.51. The zero-order chi connectivity index (χ0) is 10.9. The van der Waals surface area contributed by atoms with E-state index in [9.17, 15) is 13.6 Å². The Hall–Kier alpha value is -1.17. The summed E-state index contributed by atoms with van der Waals surface area (Å²) in [7, 11) is 0. The van der Waals surface area contributed by atoms with Gasteiger partial charge in [-0.25, -0.2) is 8.78 Å². The Balaban J connectivity index is 2.92. The van der Waals surface area contributed by atoms with Gasteiger partial charge in [0.1, 0.15) is 0 Å². The largest absolute Gasteiger partial charge is 0.390 e. The van der Waals surface area contributed by atoms with Crippen molar-refractivity contribution >= 4 is 22.2 Å². The van der Waals surface area contributed by atoms with Crippen LogP contribution in [0.1, 0.15) is 22.2 Å². The molecule has 6 heteroatoms. The first-order valence-corrected chi connectivity index (χ1v) is 4.67. The molecule has 3 nitrogen and oxygen atoms in total. The van der Waals surface area contributed by atoms with Gasteiger partial charge in [0.25, 0.3) is 5.91 Å². The highest BCUT2D eigenvalue weighted by atomic mass is 32.1. The Morgan fingerprint density at radius 3 is 2.57 bits per heavy atom. The van der Waals surface area contributed by atoms with E-state index in [2.05, 4.69) is 0 Å². The maximum absolute atomic E-state index is 12.6. The van der Waals surface area contributed by atoms with Crippen molar-refractivity contribution in [2.45, 2.75) is 19.3 Å². The Bertz CT molecular complexity index is 357. The first kappa shape index (κ1) is 10.9. The van der Waals surface area contributed by atoms with Crippen LogP contribution in [0.15, 0.2) is 6.07 Å². The number of hydrogen-bond donors (Lipinski definition) is 2. The number of nitrogen functional groups attached to an aromatic ring is 1. The predicted octanol–water partition coefficient (Wildman–Crippen LogP) is 1.63. The molecule has 0 aliphatic carbocycles. The minimum atomic E-state index is -2.80. The lowest BCUT2D eigenvalue weighted by Crippen LogP contribution is -2.13. The second-order valence-electron chi connectivity index (χ2n) is 3.10. The van der Waals surface area contributed by atoms with Crippen LogP contribution < -0.4 is 11.5 Å². The maximum atomic E-state index is 12.6. The summed E-state index contributed by atoms with van der Waals surface area (Å²) in [5.41, 5.74) is 10.5. The lowest BCUT2D eigenvalue weighted by atomic mass is 10.2. The monoisotopic (exact) mass is 220 g/mol. The van der Waals surface area contributed by atoms with Crippen molar-refractivity contribution in [1.29, 1.82) is 0 Å². The molecule has 0 aliphatic heterocycles. The topological polar surface area (TPSA) is 69.1 Å². The molecule has 1 aromatic heterocycles. The molecule has 1 amide bonds. The lowest BCUT2D eigenvalue weighted by Gasteiger charge is -2.06. The number of hydrogen-bond acceptors (Lipinski definition) is 3. The molecule has 78 valence electrons. The average Bonchev–Trinajstić information content (AvgIpc) is 2.26. The van der Waals surface area contributed by atoms with Crippen molar-refractivity contribution in [2.24, 2.45) is 5.73 Å². The van der Waals surface area contributed by atoms with Crippen molar-refractivity contribution in [1.82, 2.24) is 0 Å². The number of amides is 1. The van der Waals surface area contributed by atoms with E-state index in [1.165, 1.54) is 6.07 Å². The smallest absolute Gasteiger partial charge is 0.251 e. The van der Waals surface area contributed by atoms with Gasteiger partial charge in [-0.3, -0.25) is 4.79 Å². The minimum Gasteiger partial charge on any atom is -0.390 e. The molecule has 1 rings (SSSR count). The Kier molecular flexibility index (Phi) is 2.75. The van der Waals surface area contributed by atoms with Gasteiger partial charge in [0, 0.05) is 11.3 Å². The summed E-state index contributed by atoms with van der Waals surface area (Å²) < 4.78 is 25.2. The molecule has 4 N–H and O–H groups in total. The highest BCUT2D eigenvalue weighted by Crippen LogP contribution is 2.29. The molecule has 0 saturated heterocycles. The number of thiophene rings is 1. The summed E-state index contributed by atoms with van der Waals surface area (Å²) in [6.45, 7) is 0.812. The normalized spacial score (nSPS) is 11.6. The van der Waals surface area contributed by atoms with Gasteiger partial charge in [-0.1, -0.05) is 0 Å². The summed E-state index contributed by atoms with van der Waals surface area (Å²) in [6, 6.07) is 1.32. The van der Waals surface area contributed by atoms with E-state index in [1.54, 1.807) is 0 Å². The van der Waals surface area contributed by atoms with Crippen molar-refractivity contribution in [3.8, 4) is 0 Å². The van der Waals surface area contributed by atoms with Gasteiger partial charge in [-0.15, -0.1) is 11.3 Å². The van der Waals surface area contributed by atoms with Gasteiger partial charge in [0.2, 0.25) is 5.92 Å². The number of nitrogens with two attached hydrogens (primary N) is 2. The highest BCUT2D eigenvalue weighted by molar-refractivity contribution is 7.16. The number of halogens is 2. The summed E-state index contributed by atoms with van der Waals surface area (Å²) in [4.78, 5) is 11.1. The molecule has 0 spiro atoms. The SMILES string of the molecule is CC(F)(F)Cc1cc(C(N)=O)c(N)s1. The summed E-state index contributed by atoms with van der Waals surface area (Å²) >= 11 is 0.967. The van der Waals surface area contributed by atoms with Crippen LogP contribution in [0, 0.1) is 0 Å². The third-order valence-corrected chi connectivity index (χ3v) is 2.53. The molecule has 0 aromatic carbocycles. The van der Waals surface area contributed by atoms with Crippen LogP contribution in [0.5, 0.6) is 0 Å². The average molecular weight is 220 g/mol. The second kappa shape index (κ2) is 3.53. The van der Waals surface area contributed by atoms with Crippen LogP contribution in [0.3, 0.4) is 0 Å². The molecule has 0 fully saturated rings.